The maximum Gasteiger partial charge on any atom is 0.312 e. The number of nitrogens with zero attached hydrogens (tertiary/aromatic N) is 2. The van der Waals surface area contributed by atoms with E-state index in [0.717, 1.165) is 12.3 Å². The van der Waals surface area contributed by atoms with Crippen molar-refractivity contribution in [2.24, 2.45) is 0 Å². The summed E-state index contributed by atoms with van der Waals surface area (Å²) >= 11 is 0. The Morgan fingerprint density at radius 1 is 1.39 bits per heavy atom. The van der Waals surface area contributed by atoms with E-state index in [1.54, 1.807) is 13.8 Å². The van der Waals surface area contributed by atoms with Gasteiger partial charge in [-0.05, 0) is 6.92 Å². The van der Waals surface area contributed by atoms with Gasteiger partial charge in [0, 0.05) is 25.4 Å². The molecule has 100 valence electrons. The van der Waals surface area contributed by atoms with Crippen LogP contribution in [0.1, 0.15) is 13.8 Å². The van der Waals surface area contributed by atoms with Crippen LogP contribution in [0.2, 0.25) is 0 Å². The highest BCUT2D eigenvalue weighted by atomic mass is 32.2. The Kier molecular flexibility index (Phi) is 4.56. The quantitative estimate of drug-likeness (QED) is 0.583. The molecule has 18 heavy (non-hydrogen) atoms. The standard InChI is InChI=1S/C9H14N4O4S/c1-3-10-9-8(13(14)15)5-7(6-11-9)18(16,17)12-4-2/h5-6,12H,3-4H2,1-2H3,(H,10,11). The molecule has 9 heteroatoms. The number of rotatable bonds is 6. The van der Waals surface area contributed by atoms with Crippen molar-refractivity contribution in [2.45, 2.75) is 18.7 Å². The summed E-state index contributed by atoms with van der Waals surface area (Å²) in [6, 6.07) is 0.989. The van der Waals surface area contributed by atoms with Crippen LogP contribution < -0.4 is 10.0 Å². The van der Waals surface area contributed by atoms with Crippen molar-refractivity contribution >= 4 is 21.5 Å². The maximum absolute atomic E-state index is 11.7. The van der Waals surface area contributed by atoms with E-state index >= 15 is 0 Å². The number of anilines is 1. The molecule has 0 spiro atoms. The second-order valence-electron chi connectivity index (χ2n) is 3.33. The summed E-state index contributed by atoms with van der Waals surface area (Å²) < 4.78 is 25.6. The van der Waals surface area contributed by atoms with E-state index in [0.29, 0.717) is 6.54 Å². The fraction of sp³-hybridized carbons (Fsp3) is 0.444. The molecular formula is C9H14N4O4S. The molecule has 8 nitrogen and oxygen atoms in total. The fourth-order valence-electron chi connectivity index (χ4n) is 1.30. The molecular weight excluding hydrogens is 260 g/mol. The zero-order chi connectivity index (χ0) is 13.8. The predicted octanol–water partition coefficient (Wildman–Crippen LogP) is 0.720. The number of hydrogen-bond donors (Lipinski definition) is 2. The van der Waals surface area contributed by atoms with Gasteiger partial charge in [-0.1, -0.05) is 6.92 Å². The molecule has 0 aliphatic rings. The van der Waals surface area contributed by atoms with E-state index in [1.165, 1.54) is 0 Å². The Balaban J connectivity index is 3.27. The molecule has 1 rings (SSSR count). The molecule has 0 aliphatic heterocycles. The Morgan fingerprint density at radius 3 is 2.56 bits per heavy atom. The van der Waals surface area contributed by atoms with E-state index in [-0.39, 0.29) is 22.9 Å². The molecule has 2 N–H and O–H groups in total. The summed E-state index contributed by atoms with van der Waals surface area (Å²) in [5, 5.41) is 13.5. The van der Waals surface area contributed by atoms with Gasteiger partial charge in [-0.3, -0.25) is 10.1 Å². The van der Waals surface area contributed by atoms with Crippen LogP contribution in [-0.2, 0) is 10.0 Å². The third kappa shape index (κ3) is 3.14. The van der Waals surface area contributed by atoms with Crippen LogP contribution in [0, 0.1) is 10.1 Å². The van der Waals surface area contributed by atoms with Crippen LogP contribution in [0.15, 0.2) is 17.2 Å². The smallest absolute Gasteiger partial charge is 0.312 e. The van der Waals surface area contributed by atoms with Crippen LogP contribution in [0.25, 0.3) is 0 Å². The molecule has 0 saturated carbocycles. The summed E-state index contributed by atoms with van der Waals surface area (Å²) in [5.74, 6) is 0.0537. The van der Waals surface area contributed by atoms with Crippen LogP contribution >= 0.6 is 0 Å². The number of hydrogen-bond acceptors (Lipinski definition) is 6. The normalized spacial score (nSPS) is 11.2. The molecule has 1 aromatic heterocycles. The number of sulfonamides is 1. The van der Waals surface area contributed by atoms with Crippen molar-refractivity contribution in [1.29, 1.82) is 0 Å². The van der Waals surface area contributed by atoms with Crippen molar-refractivity contribution in [3.63, 3.8) is 0 Å². The molecule has 0 radical (unpaired) electrons. The van der Waals surface area contributed by atoms with Crippen LogP contribution in [-0.4, -0.2) is 31.4 Å². The molecule has 0 unspecified atom stereocenters. The van der Waals surface area contributed by atoms with Crippen molar-refractivity contribution < 1.29 is 13.3 Å². The molecule has 0 fully saturated rings. The Bertz CT molecular complexity index is 543. The molecule has 0 amide bonds. The Labute approximate surface area is 105 Å². The van der Waals surface area contributed by atoms with Crippen molar-refractivity contribution in [1.82, 2.24) is 9.71 Å². The molecule has 0 atom stereocenters. The lowest BCUT2D eigenvalue weighted by Crippen LogP contribution is -2.23. The van der Waals surface area contributed by atoms with Crippen LogP contribution in [0.4, 0.5) is 11.5 Å². The third-order valence-electron chi connectivity index (χ3n) is 2.03. The van der Waals surface area contributed by atoms with Gasteiger partial charge >= 0.3 is 5.69 Å². The lowest BCUT2D eigenvalue weighted by molar-refractivity contribution is -0.384. The molecule has 1 heterocycles. The van der Waals surface area contributed by atoms with Crippen LogP contribution in [0.5, 0.6) is 0 Å². The first-order valence-corrected chi connectivity index (χ1v) is 6.78. The first kappa shape index (κ1) is 14.3. The maximum atomic E-state index is 11.7. The Hall–Kier alpha value is -1.74. The van der Waals surface area contributed by atoms with Gasteiger partial charge in [-0.2, -0.15) is 0 Å². The molecule has 0 bridgehead atoms. The average molecular weight is 274 g/mol. The molecule has 1 aromatic rings. The number of nitro groups is 1. The van der Waals surface area contributed by atoms with E-state index in [2.05, 4.69) is 15.0 Å². The minimum atomic E-state index is -3.74. The lowest BCUT2D eigenvalue weighted by Gasteiger charge is -2.07. The first-order valence-electron chi connectivity index (χ1n) is 5.30. The van der Waals surface area contributed by atoms with Gasteiger partial charge in [0.05, 0.1) is 4.92 Å². The summed E-state index contributed by atoms with van der Waals surface area (Å²) in [6.07, 6.45) is 1.09. The number of nitrogens with one attached hydrogen (secondary N) is 2. The van der Waals surface area contributed by atoms with Gasteiger partial charge < -0.3 is 5.32 Å². The van der Waals surface area contributed by atoms with Gasteiger partial charge in [0.2, 0.25) is 15.8 Å². The predicted molar refractivity (Wildman–Crippen MR) is 65.9 cm³/mol. The molecule has 0 saturated heterocycles. The Morgan fingerprint density at radius 2 is 2.06 bits per heavy atom. The summed E-state index contributed by atoms with van der Waals surface area (Å²) in [7, 11) is -3.74. The van der Waals surface area contributed by atoms with E-state index in [1.807, 2.05) is 0 Å². The number of pyridine rings is 1. The highest BCUT2D eigenvalue weighted by Crippen LogP contribution is 2.24. The summed E-state index contributed by atoms with van der Waals surface area (Å²) in [5.41, 5.74) is -0.365. The summed E-state index contributed by atoms with van der Waals surface area (Å²) in [6.45, 7) is 4.03. The third-order valence-corrected chi connectivity index (χ3v) is 3.54. The van der Waals surface area contributed by atoms with Gasteiger partial charge in [0.25, 0.3) is 0 Å². The minimum absolute atomic E-state index is 0.0537. The van der Waals surface area contributed by atoms with E-state index < -0.39 is 14.9 Å². The van der Waals surface area contributed by atoms with E-state index in [9.17, 15) is 18.5 Å². The van der Waals surface area contributed by atoms with Crippen molar-refractivity contribution in [3.8, 4) is 0 Å². The zero-order valence-corrected chi connectivity index (χ0v) is 10.8. The molecule has 0 aromatic carbocycles. The second kappa shape index (κ2) is 5.74. The summed E-state index contributed by atoms with van der Waals surface area (Å²) in [4.78, 5) is 13.7. The molecule has 0 aliphatic carbocycles. The van der Waals surface area contributed by atoms with Gasteiger partial charge in [-0.15, -0.1) is 0 Å². The largest absolute Gasteiger partial charge is 0.365 e. The minimum Gasteiger partial charge on any atom is -0.365 e. The highest BCUT2D eigenvalue weighted by Gasteiger charge is 2.21. The number of aromatic nitrogens is 1. The topological polar surface area (TPSA) is 114 Å². The lowest BCUT2D eigenvalue weighted by atomic mass is 10.4. The van der Waals surface area contributed by atoms with Gasteiger partial charge in [0.1, 0.15) is 4.90 Å². The van der Waals surface area contributed by atoms with Gasteiger partial charge in [0.15, 0.2) is 0 Å². The van der Waals surface area contributed by atoms with Gasteiger partial charge in [-0.25, -0.2) is 18.1 Å². The monoisotopic (exact) mass is 274 g/mol. The zero-order valence-electron chi connectivity index (χ0n) is 10.0. The first-order chi connectivity index (χ1) is 8.42. The van der Waals surface area contributed by atoms with Crippen LogP contribution in [0.3, 0.4) is 0 Å². The SMILES string of the molecule is CCNc1ncc(S(=O)(=O)NCC)cc1[N+](=O)[O-]. The average Bonchev–Trinajstić information content (AvgIpc) is 2.29. The van der Waals surface area contributed by atoms with E-state index in [4.69, 9.17) is 0 Å². The van der Waals surface area contributed by atoms with Crippen molar-refractivity contribution in [2.75, 3.05) is 18.4 Å². The fourth-order valence-corrected chi connectivity index (χ4v) is 2.30. The highest BCUT2D eigenvalue weighted by molar-refractivity contribution is 7.89. The second-order valence-corrected chi connectivity index (χ2v) is 5.09. The van der Waals surface area contributed by atoms with Crippen molar-refractivity contribution in [3.05, 3.63) is 22.4 Å².